The first kappa shape index (κ1) is 14.1. The van der Waals surface area contributed by atoms with Gasteiger partial charge in [0.15, 0.2) is 0 Å². The van der Waals surface area contributed by atoms with Gasteiger partial charge in [-0.2, -0.15) is 0 Å². The van der Waals surface area contributed by atoms with Gasteiger partial charge in [-0.25, -0.2) is 0 Å². The fourth-order valence-electron chi connectivity index (χ4n) is 2.61. The Morgan fingerprint density at radius 3 is 2.73 bits per heavy atom. The Kier molecular flexibility index (Phi) is 3.78. The lowest BCUT2D eigenvalue weighted by Gasteiger charge is -2.25. The topological polar surface area (TPSA) is 67.4 Å². The third-order valence-corrected chi connectivity index (χ3v) is 3.68. The third-order valence-electron chi connectivity index (χ3n) is 3.68. The summed E-state index contributed by atoms with van der Waals surface area (Å²) in [5, 5.41) is 5.64. The number of carbonyl (C=O) groups excluding carboxylic acids is 2. The summed E-state index contributed by atoms with van der Waals surface area (Å²) in [7, 11) is 1.55. The quantitative estimate of drug-likeness (QED) is 0.915. The minimum absolute atomic E-state index is 0.137. The fraction of sp³-hybridized carbons (Fsp3) is 0.176. The number of rotatable bonds is 3. The number of carbonyl (C=O) groups is 2. The predicted molar refractivity (Wildman–Crippen MR) is 84.1 cm³/mol. The van der Waals surface area contributed by atoms with Crippen molar-refractivity contribution in [3.05, 3.63) is 54.1 Å². The zero-order valence-electron chi connectivity index (χ0n) is 12.1. The van der Waals surface area contributed by atoms with E-state index < -0.39 is 5.92 Å². The molecule has 0 unspecified atom stereocenters. The molecule has 0 spiro atoms. The van der Waals surface area contributed by atoms with Crippen LogP contribution in [-0.2, 0) is 9.59 Å². The third kappa shape index (κ3) is 2.65. The summed E-state index contributed by atoms with van der Waals surface area (Å²) in [6.45, 7) is 0. The largest absolute Gasteiger partial charge is 0.495 e. The molecule has 5 heteroatoms. The van der Waals surface area contributed by atoms with Crippen LogP contribution in [0.5, 0.6) is 5.75 Å². The van der Waals surface area contributed by atoms with Gasteiger partial charge in [0.25, 0.3) is 0 Å². The van der Waals surface area contributed by atoms with Crippen molar-refractivity contribution in [1.29, 1.82) is 0 Å². The molecule has 0 saturated carbocycles. The molecule has 2 aromatic carbocycles. The smallest absolute Gasteiger partial charge is 0.232 e. The summed E-state index contributed by atoms with van der Waals surface area (Å²) in [6, 6.07) is 14.6. The number of fused-ring (bicyclic) bond motifs is 1. The maximum atomic E-state index is 12.6. The highest BCUT2D eigenvalue weighted by molar-refractivity contribution is 6.05. The van der Waals surface area contributed by atoms with Crippen molar-refractivity contribution in [3.63, 3.8) is 0 Å². The van der Waals surface area contributed by atoms with Crippen molar-refractivity contribution in [3.8, 4) is 5.75 Å². The zero-order chi connectivity index (χ0) is 15.5. The minimum Gasteiger partial charge on any atom is -0.495 e. The number of benzene rings is 2. The zero-order valence-corrected chi connectivity index (χ0v) is 12.1. The minimum atomic E-state index is -0.505. The molecular formula is C17H16N2O3. The second kappa shape index (κ2) is 5.89. The Balaban J connectivity index is 1.88. The van der Waals surface area contributed by atoms with Gasteiger partial charge in [-0.3, -0.25) is 9.59 Å². The van der Waals surface area contributed by atoms with Crippen LogP contribution in [0, 0.1) is 0 Å². The molecule has 2 amide bonds. The van der Waals surface area contributed by atoms with Gasteiger partial charge in [0, 0.05) is 12.1 Å². The van der Waals surface area contributed by atoms with Crippen LogP contribution in [0.15, 0.2) is 48.5 Å². The number of para-hydroxylation sites is 3. The van der Waals surface area contributed by atoms with Gasteiger partial charge in [0.05, 0.1) is 18.7 Å². The molecule has 2 N–H and O–H groups in total. The second-order valence-corrected chi connectivity index (χ2v) is 5.08. The van der Waals surface area contributed by atoms with Gasteiger partial charge in [0.1, 0.15) is 5.75 Å². The highest BCUT2D eigenvalue weighted by atomic mass is 16.5. The average molecular weight is 296 g/mol. The van der Waals surface area contributed by atoms with E-state index >= 15 is 0 Å². The number of ether oxygens (including phenoxy) is 1. The standard InChI is InChI=1S/C17H16N2O3/c1-22-15-9-5-4-8-14(15)19-17(21)12-10-16(20)18-13-7-3-2-6-11(12)13/h2-9,12H,10H2,1H3,(H,18,20)(H,19,21)/t12-/m1/s1. The molecule has 22 heavy (non-hydrogen) atoms. The molecule has 112 valence electrons. The number of amides is 2. The van der Waals surface area contributed by atoms with Crippen LogP contribution in [0.25, 0.3) is 0 Å². The molecule has 2 aromatic rings. The van der Waals surface area contributed by atoms with Gasteiger partial charge in [0.2, 0.25) is 11.8 Å². The first-order chi connectivity index (χ1) is 10.7. The first-order valence-corrected chi connectivity index (χ1v) is 7.01. The van der Waals surface area contributed by atoms with Crippen molar-refractivity contribution in [1.82, 2.24) is 0 Å². The van der Waals surface area contributed by atoms with Gasteiger partial charge in [-0.05, 0) is 23.8 Å². The lowest BCUT2D eigenvalue weighted by molar-refractivity contribution is -0.123. The van der Waals surface area contributed by atoms with E-state index in [0.717, 1.165) is 5.56 Å². The highest BCUT2D eigenvalue weighted by Crippen LogP contribution is 2.33. The lowest BCUT2D eigenvalue weighted by Crippen LogP contribution is -2.30. The van der Waals surface area contributed by atoms with Crippen LogP contribution < -0.4 is 15.4 Å². The monoisotopic (exact) mass is 296 g/mol. The lowest BCUT2D eigenvalue weighted by atomic mass is 9.90. The van der Waals surface area contributed by atoms with Crippen LogP contribution in [0.2, 0.25) is 0 Å². The average Bonchev–Trinajstić information content (AvgIpc) is 2.54. The molecule has 0 aromatic heterocycles. The van der Waals surface area contributed by atoms with E-state index in [1.54, 1.807) is 25.3 Å². The van der Waals surface area contributed by atoms with Crippen LogP contribution in [-0.4, -0.2) is 18.9 Å². The van der Waals surface area contributed by atoms with Crippen molar-refractivity contribution >= 4 is 23.2 Å². The first-order valence-electron chi connectivity index (χ1n) is 7.01. The molecule has 5 nitrogen and oxygen atoms in total. The fourth-order valence-corrected chi connectivity index (χ4v) is 2.61. The molecular weight excluding hydrogens is 280 g/mol. The molecule has 1 aliphatic heterocycles. The van der Waals surface area contributed by atoms with E-state index in [2.05, 4.69) is 10.6 Å². The number of methoxy groups -OCH3 is 1. The summed E-state index contributed by atoms with van der Waals surface area (Å²) in [5.41, 5.74) is 2.12. The van der Waals surface area contributed by atoms with Gasteiger partial charge < -0.3 is 15.4 Å². The molecule has 1 heterocycles. The van der Waals surface area contributed by atoms with Crippen molar-refractivity contribution < 1.29 is 14.3 Å². The predicted octanol–water partition coefficient (Wildman–Crippen LogP) is 2.76. The van der Waals surface area contributed by atoms with Crippen molar-refractivity contribution in [2.75, 3.05) is 17.7 Å². The molecule has 0 radical (unpaired) electrons. The van der Waals surface area contributed by atoms with E-state index in [9.17, 15) is 9.59 Å². The Hall–Kier alpha value is -2.82. The molecule has 1 aliphatic rings. The van der Waals surface area contributed by atoms with Crippen LogP contribution in [0.4, 0.5) is 11.4 Å². The summed E-state index contributed by atoms with van der Waals surface area (Å²) in [6.07, 6.45) is 0.137. The number of hydrogen-bond acceptors (Lipinski definition) is 3. The normalized spacial score (nSPS) is 16.4. The SMILES string of the molecule is COc1ccccc1NC(=O)[C@@H]1CC(=O)Nc2ccccc21. The molecule has 0 bridgehead atoms. The van der Waals surface area contributed by atoms with E-state index in [0.29, 0.717) is 17.1 Å². The Morgan fingerprint density at radius 2 is 1.91 bits per heavy atom. The van der Waals surface area contributed by atoms with Crippen LogP contribution >= 0.6 is 0 Å². The van der Waals surface area contributed by atoms with Crippen LogP contribution in [0.1, 0.15) is 17.9 Å². The Labute approximate surface area is 128 Å². The molecule has 0 saturated heterocycles. The maximum absolute atomic E-state index is 12.6. The van der Waals surface area contributed by atoms with Gasteiger partial charge in [-0.1, -0.05) is 30.3 Å². The molecule has 1 atom stereocenters. The van der Waals surface area contributed by atoms with Gasteiger partial charge >= 0.3 is 0 Å². The maximum Gasteiger partial charge on any atom is 0.232 e. The molecule has 0 aliphatic carbocycles. The summed E-state index contributed by atoms with van der Waals surface area (Å²) >= 11 is 0. The Morgan fingerprint density at radius 1 is 1.18 bits per heavy atom. The number of hydrogen-bond donors (Lipinski definition) is 2. The van der Waals surface area contributed by atoms with E-state index in [1.807, 2.05) is 30.3 Å². The van der Waals surface area contributed by atoms with Gasteiger partial charge in [-0.15, -0.1) is 0 Å². The van der Waals surface area contributed by atoms with Crippen molar-refractivity contribution in [2.45, 2.75) is 12.3 Å². The van der Waals surface area contributed by atoms with E-state index in [1.165, 1.54) is 0 Å². The van der Waals surface area contributed by atoms with E-state index in [4.69, 9.17) is 4.74 Å². The van der Waals surface area contributed by atoms with Crippen LogP contribution in [0.3, 0.4) is 0 Å². The van der Waals surface area contributed by atoms with Crippen molar-refractivity contribution in [2.24, 2.45) is 0 Å². The van der Waals surface area contributed by atoms with E-state index in [-0.39, 0.29) is 18.2 Å². The molecule has 0 fully saturated rings. The summed E-state index contributed by atoms with van der Waals surface area (Å²) < 4.78 is 5.23. The number of nitrogens with one attached hydrogen (secondary N) is 2. The Bertz CT molecular complexity index is 727. The molecule has 3 rings (SSSR count). The highest BCUT2D eigenvalue weighted by Gasteiger charge is 2.30. The number of anilines is 2. The summed E-state index contributed by atoms with van der Waals surface area (Å²) in [5.74, 6) is -0.287. The summed E-state index contributed by atoms with van der Waals surface area (Å²) in [4.78, 5) is 24.4. The second-order valence-electron chi connectivity index (χ2n) is 5.08.